The number of carbonyl (C=O) groups is 1. The number of imidazole rings is 1. The van der Waals surface area contributed by atoms with Crippen molar-refractivity contribution < 1.29 is 22.0 Å². The van der Waals surface area contributed by atoms with Gasteiger partial charge >= 0.3 is 0 Å². The molecule has 0 aliphatic heterocycles. The molecule has 1 aliphatic rings. The highest BCUT2D eigenvalue weighted by Crippen LogP contribution is 2.46. The van der Waals surface area contributed by atoms with E-state index in [0.29, 0.717) is 17.9 Å². The second-order valence-corrected chi connectivity index (χ2v) is 13.3. The predicted octanol–water partition coefficient (Wildman–Crippen LogP) is 6.13. The van der Waals surface area contributed by atoms with Gasteiger partial charge in [0.2, 0.25) is 15.9 Å². The number of fused-ring (bicyclic) bond motifs is 1. The predicted molar refractivity (Wildman–Crippen MR) is 157 cm³/mol. The molecule has 1 heterocycles. The number of nitrogens with one attached hydrogen (secondary N) is 1. The van der Waals surface area contributed by atoms with E-state index in [1.54, 1.807) is 23.2 Å². The van der Waals surface area contributed by atoms with Gasteiger partial charge in [0.1, 0.15) is 17.5 Å². The van der Waals surface area contributed by atoms with E-state index in [2.05, 4.69) is 23.6 Å². The van der Waals surface area contributed by atoms with Gasteiger partial charge in [0.05, 0.1) is 11.4 Å². The quantitative estimate of drug-likeness (QED) is 0.254. The Morgan fingerprint density at radius 1 is 1.07 bits per heavy atom. The first-order valence-corrected chi connectivity index (χ1v) is 15.3. The highest BCUT2D eigenvalue weighted by atomic mass is 32.2. The highest BCUT2D eigenvalue weighted by Gasteiger charge is 2.39. The molecule has 0 unspecified atom stereocenters. The molecule has 0 saturated carbocycles. The molecule has 1 aliphatic carbocycles. The van der Waals surface area contributed by atoms with E-state index in [1.165, 1.54) is 24.3 Å². The molecule has 1 amide bonds. The number of sulfonamides is 1. The minimum Gasteiger partial charge on any atom is -0.337 e. The number of hydrogen-bond acceptors (Lipinski definition) is 4. The fraction of sp³-hybridized carbons (Fsp3) is 0.312. The van der Waals surface area contributed by atoms with Crippen molar-refractivity contribution in [3.63, 3.8) is 0 Å². The van der Waals surface area contributed by atoms with Gasteiger partial charge in [-0.25, -0.2) is 26.9 Å². The summed E-state index contributed by atoms with van der Waals surface area (Å²) in [4.78, 5) is 19.9. The van der Waals surface area contributed by atoms with Crippen molar-refractivity contribution in [1.29, 1.82) is 0 Å². The Morgan fingerprint density at radius 2 is 1.71 bits per heavy atom. The third-order valence-electron chi connectivity index (χ3n) is 8.03. The summed E-state index contributed by atoms with van der Waals surface area (Å²) in [5, 5.41) is 0. The Hall–Kier alpha value is -3.89. The molecule has 42 heavy (non-hydrogen) atoms. The van der Waals surface area contributed by atoms with Crippen molar-refractivity contribution in [2.24, 2.45) is 7.05 Å². The summed E-state index contributed by atoms with van der Waals surface area (Å²) >= 11 is 0. The molecular weight excluding hydrogens is 558 g/mol. The number of carbonyl (C=O) groups excluding carboxylic acids is 1. The number of nitrogens with zero attached hydrogens (tertiary/aromatic N) is 3. The Labute approximate surface area is 245 Å². The van der Waals surface area contributed by atoms with E-state index in [0.717, 1.165) is 28.8 Å². The summed E-state index contributed by atoms with van der Waals surface area (Å²) in [6, 6.07) is 16.0. The molecule has 220 valence electrons. The number of hydrogen-bond donors (Lipinski definition) is 1. The van der Waals surface area contributed by atoms with Crippen LogP contribution in [0.25, 0.3) is 0 Å². The molecule has 2 atom stereocenters. The first-order chi connectivity index (χ1) is 19.8. The van der Waals surface area contributed by atoms with E-state index in [-0.39, 0.29) is 40.9 Å². The molecule has 0 radical (unpaired) electrons. The van der Waals surface area contributed by atoms with E-state index < -0.39 is 21.9 Å². The molecule has 1 N–H and O–H groups in total. The van der Waals surface area contributed by atoms with Crippen LogP contribution in [0.5, 0.6) is 0 Å². The lowest BCUT2D eigenvalue weighted by Gasteiger charge is -2.26. The number of aromatic nitrogens is 2. The van der Waals surface area contributed by atoms with Crippen LogP contribution >= 0.6 is 0 Å². The molecule has 10 heteroatoms. The fourth-order valence-corrected chi connectivity index (χ4v) is 6.84. The van der Waals surface area contributed by atoms with Gasteiger partial charge in [-0.2, -0.15) is 0 Å². The Balaban J connectivity index is 1.48. The third kappa shape index (κ3) is 6.15. The second-order valence-electron chi connectivity index (χ2n) is 11.6. The minimum atomic E-state index is -3.94. The third-order valence-corrected chi connectivity index (χ3v) is 9.52. The maximum atomic E-state index is 13.9. The molecular formula is C32H34F2N4O3S. The molecule has 0 saturated heterocycles. The van der Waals surface area contributed by atoms with Gasteiger partial charge in [-0.05, 0) is 83.0 Å². The number of aryl methyl sites for hydroxylation is 1. The van der Waals surface area contributed by atoms with Crippen LogP contribution in [0.1, 0.15) is 68.1 Å². The fourth-order valence-electron chi connectivity index (χ4n) is 5.62. The Bertz CT molecular complexity index is 1700. The molecule has 0 spiro atoms. The van der Waals surface area contributed by atoms with Crippen LogP contribution in [0.2, 0.25) is 0 Å². The van der Waals surface area contributed by atoms with Crippen LogP contribution in [-0.2, 0) is 33.8 Å². The minimum absolute atomic E-state index is 0.0207. The zero-order valence-corrected chi connectivity index (χ0v) is 24.8. The largest absolute Gasteiger partial charge is 0.337 e. The maximum absolute atomic E-state index is 13.9. The van der Waals surface area contributed by atoms with E-state index >= 15 is 0 Å². The van der Waals surface area contributed by atoms with Crippen LogP contribution in [0.4, 0.5) is 14.5 Å². The smallest absolute Gasteiger partial charge is 0.241 e. The van der Waals surface area contributed by atoms with Crippen molar-refractivity contribution in [3.8, 4) is 0 Å². The van der Waals surface area contributed by atoms with E-state index in [1.807, 2.05) is 42.9 Å². The maximum Gasteiger partial charge on any atom is 0.241 e. The van der Waals surface area contributed by atoms with Gasteiger partial charge in [0.15, 0.2) is 0 Å². The first-order valence-electron chi connectivity index (χ1n) is 13.8. The number of benzene rings is 3. The number of anilines is 1. The molecule has 0 fully saturated rings. The lowest BCUT2D eigenvalue weighted by atomic mass is 9.86. The zero-order valence-electron chi connectivity index (χ0n) is 24.0. The van der Waals surface area contributed by atoms with Gasteiger partial charge in [0, 0.05) is 37.6 Å². The lowest BCUT2D eigenvalue weighted by molar-refractivity contribution is -0.119. The first kappa shape index (κ1) is 29.6. The van der Waals surface area contributed by atoms with Crippen molar-refractivity contribution in [1.82, 2.24) is 14.3 Å². The van der Waals surface area contributed by atoms with Crippen LogP contribution in [-0.4, -0.2) is 23.9 Å². The Morgan fingerprint density at radius 3 is 2.33 bits per heavy atom. The molecule has 1 aromatic heterocycles. The van der Waals surface area contributed by atoms with Gasteiger partial charge in [-0.1, -0.05) is 39.0 Å². The van der Waals surface area contributed by atoms with Crippen molar-refractivity contribution in [2.45, 2.75) is 62.4 Å². The van der Waals surface area contributed by atoms with Crippen molar-refractivity contribution >= 4 is 21.6 Å². The lowest BCUT2D eigenvalue weighted by Crippen LogP contribution is -2.32. The van der Waals surface area contributed by atoms with Crippen LogP contribution < -0.4 is 9.62 Å². The van der Waals surface area contributed by atoms with E-state index in [9.17, 15) is 22.0 Å². The topological polar surface area (TPSA) is 84.3 Å². The highest BCUT2D eigenvalue weighted by molar-refractivity contribution is 7.89. The zero-order chi connectivity index (χ0) is 30.2. The van der Waals surface area contributed by atoms with E-state index in [4.69, 9.17) is 0 Å². The normalized spacial score (nSPS) is 16.7. The summed E-state index contributed by atoms with van der Waals surface area (Å²) < 4.78 is 58.1. The molecule has 5 rings (SSSR count). The monoisotopic (exact) mass is 592 g/mol. The van der Waals surface area contributed by atoms with Crippen LogP contribution in [0, 0.1) is 11.6 Å². The summed E-state index contributed by atoms with van der Waals surface area (Å²) in [5.41, 5.74) is 2.93. The van der Waals surface area contributed by atoms with Crippen LogP contribution in [0.15, 0.2) is 84.0 Å². The standard InChI is InChI=1S/C32H34F2N4O3S/c1-21(22-5-7-23(33)8-6-22)17-31(39)38(20-30-35-15-16-37(30)4)25-11-14-28-27(18-25)29(19-32(28,2)3)36-42(40,41)26-12-9-24(34)10-13-26/h5-16,18,21,29,36H,17,19-20H2,1-4H3/t21-,29-/m1/s1. The molecule has 4 aromatic rings. The Kier molecular flexibility index (Phi) is 8.04. The van der Waals surface area contributed by atoms with Crippen LogP contribution in [0.3, 0.4) is 0 Å². The average Bonchev–Trinajstić information content (AvgIpc) is 3.45. The van der Waals surface area contributed by atoms with Gasteiger partial charge in [0.25, 0.3) is 0 Å². The summed E-state index contributed by atoms with van der Waals surface area (Å²) in [6.45, 7) is 6.25. The van der Waals surface area contributed by atoms with Gasteiger partial charge in [-0.3, -0.25) is 4.79 Å². The average molecular weight is 593 g/mol. The van der Waals surface area contributed by atoms with Gasteiger partial charge in [-0.15, -0.1) is 0 Å². The van der Waals surface area contributed by atoms with Crippen molar-refractivity contribution in [3.05, 3.63) is 113 Å². The van der Waals surface area contributed by atoms with Crippen molar-refractivity contribution in [2.75, 3.05) is 4.90 Å². The second kappa shape index (κ2) is 11.4. The summed E-state index contributed by atoms with van der Waals surface area (Å²) in [6.07, 6.45) is 4.18. The number of rotatable bonds is 9. The summed E-state index contributed by atoms with van der Waals surface area (Å²) in [7, 11) is -2.08. The number of amides is 1. The van der Waals surface area contributed by atoms with Gasteiger partial charge < -0.3 is 9.47 Å². The molecule has 7 nitrogen and oxygen atoms in total. The number of halogens is 2. The molecule has 3 aromatic carbocycles. The summed E-state index contributed by atoms with van der Waals surface area (Å²) in [5.74, 6) is -0.468. The SMILES string of the molecule is C[C@H](CC(=O)N(Cc1nccn1C)c1ccc2c(c1)[C@H](NS(=O)(=O)c1ccc(F)cc1)CC2(C)C)c1ccc(F)cc1. The molecule has 0 bridgehead atoms.